The molecule has 0 aromatic heterocycles. The van der Waals surface area contributed by atoms with E-state index >= 15 is 0 Å². The lowest BCUT2D eigenvalue weighted by Gasteiger charge is -2.40. The van der Waals surface area contributed by atoms with Gasteiger partial charge in [-0.25, -0.2) is 0 Å². The third kappa shape index (κ3) is 7.55. The van der Waals surface area contributed by atoms with Crippen LogP contribution in [0.1, 0.15) is 57.6 Å². The summed E-state index contributed by atoms with van der Waals surface area (Å²) in [5.74, 6) is -4.01. The Bertz CT molecular complexity index is 1610. The van der Waals surface area contributed by atoms with E-state index in [1.54, 1.807) is 48.6 Å². The number of esters is 1. The van der Waals surface area contributed by atoms with E-state index in [1.807, 2.05) is 32.0 Å². The minimum atomic E-state index is -1.34. The highest BCUT2D eigenvalue weighted by Gasteiger charge is 2.76. The van der Waals surface area contributed by atoms with Crippen LogP contribution in [0.15, 0.2) is 79.9 Å². The molecule has 5 rings (SSSR count). The highest BCUT2D eigenvalue weighted by atomic mass is 35.5. The Morgan fingerprint density at radius 3 is 2.48 bits per heavy atom. The second-order valence-electron chi connectivity index (χ2n) is 13.9. The first-order valence-corrected chi connectivity index (χ1v) is 18.4. The lowest BCUT2D eigenvalue weighted by atomic mass is 9.70. The summed E-state index contributed by atoms with van der Waals surface area (Å²) in [5, 5.41) is 14.2. The highest BCUT2D eigenvalue weighted by Crippen LogP contribution is 2.59. The number of benzene rings is 2. The number of carbonyl (C=O) groups is 4. The first-order valence-electron chi connectivity index (χ1n) is 18.0. The van der Waals surface area contributed by atoms with Crippen LogP contribution in [0.25, 0.3) is 0 Å². The summed E-state index contributed by atoms with van der Waals surface area (Å²) in [5.41, 5.74) is -0.157. The molecule has 3 fully saturated rings. The quantitative estimate of drug-likeness (QED) is 0.161. The van der Waals surface area contributed by atoms with E-state index in [1.165, 1.54) is 16.9 Å². The first kappa shape index (κ1) is 39.2. The van der Waals surface area contributed by atoms with Gasteiger partial charge in [-0.2, -0.15) is 0 Å². The molecule has 52 heavy (non-hydrogen) atoms. The molecule has 0 radical (unpaired) electrons. The van der Waals surface area contributed by atoms with Gasteiger partial charge in [-0.3, -0.25) is 19.2 Å². The Hall–Kier alpha value is -4.03. The van der Waals surface area contributed by atoms with Crippen molar-refractivity contribution in [2.24, 2.45) is 17.8 Å². The number of anilines is 1. The van der Waals surface area contributed by atoms with E-state index < -0.39 is 65.6 Å². The van der Waals surface area contributed by atoms with Gasteiger partial charge in [-0.15, -0.1) is 13.2 Å². The molecule has 0 aliphatic carbocycles. The van der Waals surface area contributed by atoms with Gasteiger partial charge in [-0.05, 0) is 55.0 Å². The van der Waals surface area contributed by atoms with Crippen LogP contribution in [-0.4, -0.2) is 90.4 Å². The lowest BCUT2D eigenvalue weighted by Crippen LogP contribution is -2.60. The van der Waals surface area contributed by atoms with Crippen LogP contribution >= 0.6 is 11.6 Å². The third-order valence-corrected chi connectivity index (χ3v) is 11.1. The molecule has 0 saturated carbocycles. The van der Waals surface area contributed by atoms with Crippen LogP contribution in [0.4, 0.5) is 5.69 Å². The predicted molar refractivity (Wildman–Crippen MR) is 197 cm³/mol. The van der Waals surface area contributed by atoms with Gasteiger partial charge in [0.25, 0.3) is 5.91 Å². The van der Waals surface area contributed by atoms with Crippen molar-refractivity contribution in [3.05, 3.63) is 90.5 Å². The van der Waals surface area contributed by atoms with E-state index in [2.05, 4.69) is 18.5 Å². The van der Waals surface area contributed by atoms with E-state index in [0.717, 1.165) is 0 Å². The van der Waals surface area contributed by atoms with E-state index in [-0.39, 0.29) is 38.0 Å². The van der Waals surface area contributed by atoms with Gasteiger partial charge in [0.1, 0.15) is 17.7 Å². The van der Waals surface area contributed by atoms with Crippen molar-refractivity contribution in [1.82, 2.24) is 10.2 Å². The molecule has 3 saturated heterocycles. The van der Waals surface area contributed by atoms with Crippen LogP contribution in [0, 0.1) is 17.8 Å². The van der Waals surface area contributed by atoms with Gasteiger partial charge in [0.05, 0.1) is 43.2 Å². The Kier molecular flexibility index (Phi) is 13.0. The van der Waals surface area contributed by atoms with Gasteiger partial charge >= 0.3 is 5.97 Å². The van der Waals surface area contributed by atoms with E-state index in [9.17, 15) is 24.3 Å². The maximum absolute atomic E-state index is 14.9. The fourth-order valence-electron chi connectivity index (χ4n) is 8.16. The average molecular weight is 736 g/mol. The molecular formula is C40H50ClN3O8. The molecule has 3 heterocycles. The summed E-state index contributed by atoms with van der Waals surface area (Å²) in [6.07, 6.45) is 3.70. The van der Waals surface area contributed by atoms with Crippen molar-refractivity contribution >= 4 is 41.0 Å². The van der Waals surface area contributed by atoms with Crippen molar-refractivity contribution in [1.29, 1.82) is 0 Å². The summed E-state index contributed by atoms with van der Waals surface area (Å²) in [4.78, 5) is 60.3. The molecule has 2 bridgehead atoms. The number of ether oxygens (including phenoxy) is 3. The SMILES string of the molecule is C=CCCC(=O)N[C@H](COC)[C@H](OC(=O)[C@@H]1[C@H]2C(=O)N([C@@H](CO)[C@@H](C)CC)[C@H](C(=O)N(CC=C)c3ccc(Cl)cc3)[C@]23CC[C@H]1O3)c1ccccc1. The van der Waals surface area contributed by atoms with Crippen molar-refractivity contribution in [2.75, 3.05) is 31.8 Å². The van der Waals surface area contributed by atoms with Crippen LogP contribution in [0.2, 0.25) is 5.02 Å². The summed E-state index contributed by atoms with van der Waals surface area (Å²) < 4.78 is 18.5. The fourth-order valence-corrected chi connectivity index (χ4v) is 8.28. The lowest BCUT2D eigenvalue weighted by molar-refractivity contribution is -0.163. The van der Waals surface area contributed by atoms with Gasteiger partial charge in [0, 0.05) is 30.8 Å². The van der Waals surface area contributed by atoms with Crippen LogP contribution < -0.4 is 10.2 Å². The summed E-state index contributed by atoms with van der Waals surface area (Å²) in [6.45, 7) is 11.2. The molecule has 2 aromatic carbocycles. The number of amides is 3. The third-order valence-electron chi connectivity index (χ3n) is 10.8. The number of hydrogen-bond donors (Lipinski definition) is 2. The van der Waals surface area contributed by atoms with E-state index in [4.69, 9.17) is 25.8 Å². The largest absolute Gasteiger partial charge is 0.455 e. The highest BCUT2D eigenvalue weighted by molar-refractivity contribution is 6.30. The number of aliphatic hydroxyl groups is 1. The molecule has 9 atom stereocenters. The van der Waals surface area contributed by atoms with Crippen molar-refractivity contribution in [3.63, 3.8) is 0 Å². The monoisotopic (exact) mass is 735 g/mol. The normalized spacial score (nSPS) is 25.5. The number of allylic oxidation sites excluding steroid dienone is 1. The second-order valence-corrected chi connectivity index (χ2v) is 14.3. The molecular weight excluding hydrogens is 686 g/mol. The Morgan fingerprint density at radius 1 is 1.15 bits per heavy atom. The number of fused-ring (bicyclic) bond motifs is 1. The topological polar surface area (TPSA) is 135 Å². The summed E-state index contributed by atoms with van der Waals surface area (Å²) in [6, 6.07) is 13.3. The Balaban J connectivity index is 1.54. The number of hydrogen-bond acceptors (Lipinski definition) is 8. The molecule has 0 unspecified atom stereocenters. The molecule has 1 spiro atoms. The molecule has 12 heteroatoms. The molecule has 3 amide bonds. The average Bonchev–Trinajstić information content (AvgIpc) is 3.80. The Morgan fingerprint density at radius 2 is 1.87 bits per heavy atom. The van der Waals surface area contributed by atoms with Gasteiger partial charge in [0.2, 0.25) is 11.8 Å². The van der Waals surface area contributed by atoms with Gasteiger partial charge in [0.15, 0.2) is 0 Å². The zero-order valence-electron chi connectivity index (χ0n) is 30.1. The predicted octanol–water partition coefficient (Wildman–Crippen LogP) is 5.02. The number of rotatable bonds is 18. The molecule has 2 aromatic rings. The zero-order valence-corrected chi connectivity index (χ0v) is 30.9. The number of carbonyl (C=O) groups excluding carboxylic acids is 4. The van der Waals surface area contributed by atoms with Crippen molar-refractivity contribution < 1.29 is 38.5 Å². The molecule has 280 valence electrons. The second kappa shape index (κ2) is 17.2. The maximum atomic E-state index is 14.9. The van der Waals surface area contributed by atoms with Crippen LogP contribution in [-0.2, 0) is 33.4 Å². The summed E-state index contributed by atoms with van der Waals surface area (Å²) in [7, 11) is 1.50. The van der Waals surface area contributed by atoms with Gasteiger partial charge in [-0.1, -0.05) is 74.4 Å². The minimum absolute atomic E-state index is 0.0465. The number of nitrogens with one attached hydrogen (secondary N) is 1. The molecule has 2 N–H and O–H groups in total. The number of halogens is 1. The molecule has 11 nitrogen and oxygen atoms in total. The smallest absolute Gasteiger partial charge is 0.313 e. The molecule has 3 aliphatic rings. The first-order chi connectivity index (χ1) is 25.1. The number of nitrogens with zero attached hydrogens (tertiary/aromatic N) is 2. The van der Waals surface area contributed by atoms with E-state index in [0.29, 0.717) is 42.0 Å². The standard InChI is InChI=1S/C40H50ClN3O8/c1-6-9-15-32(46)42-29(24-50-5)35(26-13-11-10-12-14-26)51-39(49)33-31-20-21-40(52-31)34(33)37(47)44(30(23-45)25(4)8-3)36(40)38(48)43(22-7-2)28-18-16-27(41)17-19-28/h6-7,10-14,16-19,25,29-31,33-36,45H,1-2,8-9,15,20-24H2,3-5H3,(H,42,46)/t25-,29+,30-,31+,33-,34-,35+,36+,40-/m0/s1. The van der Waals surface area contributed by atoms with Crippen molar-refractivity contribution in [2.45, 2.75) is 81.9 Å². The van der Waals surface area contributed by atoms with Crippen molar-refractivity contribution in [3.8, 4) is 0 Å². The number of likely N-dealkylation sites (tertiary alicyclic amines) is 1. The zero-order chi connectivity index (χ0) is 37.6. The number of methoxy groups -OCH3 is 1. The van der Waals surface area contributed by atoms with Gasteiger partial charge < -0.3 is 34.4 Å². The van der Waals surface area contributed by atoms with Crippen LogP contribution in [0.3, 0.4) is 0 Å². The Labute approximate surface area is 310 Å². The molecule has 3 aliphatic heterocycles. The number of aliphatic hydroxyl groups excluding tert-OH is 1. The fraction of sp³-hybridized carbons (Fsp3) is 0.500. The summed E-state index contributed by atoms with van der Waals surface area (Å²) >= 11 is 6.18. The maximum Gasteiger partial charge on any atom is 0.313 e. The minimum Gasteiger partial charge on any atom is -0.455 e. The van der Waals surface area contributed by atoms with Crippen LogP contribution in [0.5, 0.6) is 0 Å².